The molecule has 0 fully saturated rings. The maximum Gasteiger partial charge on any atom is 0.104 e. The summed E-state index contributed by atoms with van der Waals surface area (Å²) in [6.45, 7) is 4.45. The number of halogens is 1. The lowest BCUT2D eigenvalue weighted by Crippen LogP contribution is -2.24. The average Bonchev–Trinajstić information content (AvgIpc) is 2.77. The molecule has 0 aliphatic carbocycles. The number of furan rings is 1. The first-order valence-corrected chi connectivity index (χ1v) is 6.38. The molecule has 1 aromatic rings. The first kappa shape index (κ1) is 12.6. The van der Waals surface area contributed by atoms with Crippen LogP contribution < -0.4 is 0 Å². The molecule has 1 aromatic heterocycles. The highest BCUT2D eigenvalue weighted by Gasteiger charge is 2.27. The van der Waals surface area contributed by atoms with E-state index in [0.717, 1.165) is 24.5 Å². The molecule has 1 unspecified atom stereocenters. The molecule has 0 N–H and O–H groups in total. The SMILES string of the molecule is CCCCC(CC)(CCl)Cc1ccco1. The Bertz CT molecular complexity index is 250. The molecule has 1 heterocycles. The van der Waals surface area contributed by atoms with Gasteiger partial charge in [-0.2, -0.15) is 0 Å². The van der Waals surface area contributed by atoms with E-state index in [4.69, 9.17) is 16.0 Å². The molecule has 0 spiro atoms. The second-order valence-electron chi connectivity index (χ2n) is 4.35. The van der Waals surface area contributed by atoms with Crippen molar-refractivity contribution in [1.82, 2.24) is 0 Å². The zero-order valence-electron chi connectivity index (χ0n) is 9.76. The van der Waals surface area contributed by atoms with E-state index in [2.05, 4.69) is 13.8 Å². The summed E-state index contributed by atoms with van der Waals surface area (Å²) >= 11 is 6.14. The van der Waals surface area contributed by atoms with Gasteiger partial charge in [0.1, 0.15) is 5.76 Å². The molecule has 0 aromatic carbocycles. The molecule has 1 atom stereocenters. The van der Waals surface area contributed by atoms with Crippen molar-refractivity contribution in [3.05, 3.63) is 24.2 Å². The molecule has 1 rings (SSSR count). The van der Waals surface area contributed by atoms with Crippen molar-refractivity contribution in [3.8, 4) is 0 Å². The molecule has 0 amide bonds. The quantitative estimate of drug-likeness (QED) is 0.620. The Morgan fingerprint density at radius 3 is 2.67 bits per heavy atom. The van der Waals surface area contributed by atoms with Crippen LogP contribution >= 0.6 is 11.6 Å². The Balaban J connectivity index is 2.63. The van der Waals surface area contributed by atoms with Crippen LogP contribution in [0.15, 0.2) is 22.8 Å². The Morgan fingerprint density at radius 2 is 2.20 bits per heavy atom. The maximum atomic E-state index is 6.14. The third kappa shape index (κ3) is 3.57. The van der Waals surface area contributed by atoms with Crippen LogP contribution in [0.1, 0.15) is 45.3 Å². The standard InChI is InChI=1S/C13H21ClO/c1-3-5-8-13(4-2,11-14)10-12-7-6-9-15-12/h6-7,9H,3-5,8,10-11H2,1-2H3. The molecule has 1 nitrogen and oxygen atoms in total. The van der Waals surface area contributed by atoms with Crippen LogP contribution in [0.2, 0.25) is 0 Å². The summed E-state index contributed by atoms with van der Waals surface area (Å²) < 4.78 is 5.41. The minimum absolute atomic E-state index is 0.232. The summed E-state index contributed by atoms with van der Waals surface area (Å²) in [4.78, 5) is 0. The summed E-state index contributed by atoms with van der Waals surface area (Å²) in [7, 11) is 0. The van der Waals surface area contributed by atoms with Crippen LogP contribution in [0.4, 0.5) is 0 Å². The molecule has 86 valence electrons. The monoisotopic (exact) mass is 228 g/mol. The van der Waals surface area contributed by atoms with Crippen molar-refractivity contribution in [2.24, 2.45) is 5.41 Å². The van der Waals surface area contributed by atoms with E-state index in [9.17, 15) is 0 Å². The van der Waals surface area contributed by atoms with Gasteiger partial charge in [-0.25, -0.2) is 0 Å². The molecule has 0 saturated carbocycles. The highest BCUT2D eigenvalue weighted by atomic mass is 35.5. The Hall–Kier alpha value is -0.430. The van der Waals surface area contributed by atoms with Gasteiger partial charge in [-0.05, 0) is 30.4 Å². The van der Waals surface area contributed by atoms with Gasteiger partial charge in [0.25, 0.3) is 0 Å². The topological polar surface area (TPSA) is 13.1 Å². The lowest BCUT2D eigenvalue weighted by atomic mass is 9.78. The van der Waals surface area contributed by atoms with Gasteiger partial charge in [0.15, 0.2) is 0 Å². The zero-order chi connectivity index (χ0) is 11.1. The van der Waals surface area contributed by atoms with Crippen molar-refractivity contribution in [3.63, 3.8) is 0 Å². The van der Waals surface area contributed by atoms with E-state index in [-0.39, 0.29) is 5.41 Å². The second kappa shape index (κ2) is 6.22. The Morgan fingerprint density at radius 1 is 1.40 bits per heavy atom. The minimum Gasteiger partial charge on any atom is -0.469 e. The van der Waals surface area contributed by atoms with E-state index >= 15 is 0 Å². The summed E-state index contributed by atoms with van der Waals surface area (Å²) in [5.74, 6) is 1.79. The molecule has 15 heavy (non-hydrogen) atoms. The third-order valence-electron chi connectivity index (χ3n) is 3.22. The van der Waals surface area contributed by atoms with Gasteiger partial charge < -0.3 is 4.42 Å². The van der Waals surface area contributed by atoms with Crippen LogP contribution in [-0.2, 0) is 6.42 Å². The Kier molecular flexibility index (Phi) is 5.24. The fraction of sp³-hybridized carbons (Fsp3) is 0.692. The lowest BCUT2D eigenvalue weighted by Gasteiger charge is -2.29. The number of unbranched alkanes of at least 4 members (excludes halogenated alkanes) is 1. The van der Waals surface area contributed by atoms with Crippen LogP contribution in [0.3, 0.4) is 0 Å². The predicted octanol–water partition coefficient (Wildman–Crippen LogP) is 4.65. The molecule has 2 heteroatoms. The molecule has 0 radical (unpaired) electrons. The van der Waals surface area contributed by atoms with Gasteiger partial charge in [-0.3, -0.25) is 0 Å². The minimum atomic E-state index is 0.232. The Labute approximate surface area is 97.8 Å². The smallest absolute Gasteiger partial charge is 0.104 e. The molecule has 0 aliphatic rings. The number of hydrogen-bond donors (Lipinski definition) is 0. The first-order valence-electron chi connectivity index (χ1n) is 5.84. The highest BCUT2D eigenvalue weighted by molar-refractivity contribution is 6.18. The van der Waals surface area contributed by atoms with Gasteiger partial charge in [-0.1, -0.05) is 26.7 Å². The first-order chi connectivity index (χ1) is 7.26. The van der Waals surface area contributed by atoms with Crippen molar-refractivity contribution in [2.45, 2.75) is 46.0 Å². The van der Waals surface area contributed by atoms with Gasteiger partial charge in [0, 0.05) is 12.3 Å². The van der Waals surface area contributed by atoms with Gasteiger partial charge in [0.05, 0.1) is 6.26 Å². The van der Waals surface area contributed by atoms with Crippen LogP contribution in [0.5, 0.6) is 0 Å². The molecule has 0 aliphatic heterocycles. The third-order valence-corrected chi connectivity index (χ3v) is 3.79. The second-order valence-corrected chi connectivity index (χ2v) is 4.61. The normalized spacial score (nSPS) is 15.1. The molecular formula is C13H21ClO. The van der Waals surface area contributed by atoms with E-state index in [0.29, 0.717) is 0 Å². The molecule has 0 bridgehead atoms. The van der Waals surface area contributed by atoms with Crippen LogP contribution in [0, 0.1) is 5.41 Å². The van der Waals surface area contributed by atoms with E-state index in [1.165, 1.54) is 19.3 Å². The van der Waals surface area contributed by atoms with Crippen molar-refractivity contribution in [1.29, 1.82) is 0 Å². The molecule has 0 saturated heterocycles. The van der Waals surface area contributed by atoms with E-state index in [1.54, 1.807) is 6.26 Å². The number of alkyl halides is 1. The maximum absolute atomic E-state index is 6.14. The van der Waals surface area contributed by atoms with Crippen molar-refractivity contribution in [2.75, 3.05) is 5.88 Å². The summed E-state index contributed by atoms with van der Waals surface area (Å²) in [5.41, 5.74) is 0.232. The van der Waals surface area contributed by atoms with E-state index < -0.39 is 0 Å². The summed E-state index contributed by atoms with van der Waals surface area (Å²) in [5, 5.41) is 0. The largest absolute Gasteiger partial charge is 0.469 e. The average molecular weight is 229 g/mol. The highest BCUT2D eigenvalue weighted by Crippen LogP contribution is 2.34. The number of hydrogen-bond acceptors (Lipinski definition) is 1. The molecular weight excluding hydrogens is 208 g/mol. The summed E-state index contributed by atoms with van der Waals surface area (Å²) in [6, 6.07) is 3.99. The van der Waals surface area contributed by atoms with E-state index in [1.807, 2.05) is 12.1 Å². The fourth-order valence-corrected chi connectivity index (χ4v) is 2.35. The van der Waals surface area contributed by atoms with Gasteiger partial charge >= 0.3 is 0 Å². The predicted molar refractivity (Wildman–Crippen MR) is 65.4 cm³/mol. The number of rotatable bonds is 7. The van der Waals surface area contributed by atoms with Gasteiger partial charge in [0.2, 0.25) is 0 Å². The van der Waals surface area contributed by atoms with Gasteiger partial charge in [-0.15, -0.1) is 11.6 Å². The van der Waals surface area contributed by atoms with Crippen LogP contribution in [0.25, 0.3) is 0 Å². The van der Waals surface area contributed by atoms with Crippen molar-refractivity contribution >= 4 is 11.6 Å². The zero-order valence-corrected chi connectivity index (χ0v) is 10.5. The lowest BCUT2D eigenvalue weighted by molar-refractivity contribution is 0.259. The van der Waals surface area contributed by atoms with Crippen LogP contribution in [-0.4, -0.2) is 5.88 Å². The summed E-state index contributed by atoms with van der Waals surface area (Å²) in [6.07, 6.45) is 7.52. The fourth-order valence-electron chi connectivity index (χ4n) is 1.93. The van der Waals surface area contributed by atoms with Crippen molar-refractivity contribution < 1.29 is 4.42 Å².